The molecule has 7 nitrogen and oxygen atoms in total. The highest BCUT2D eigenvalue weighted by Crippen LogP contribution is 2.34. The van der Waals surface area contributed by atoms with Crippen LogP contribution in [0.5, 0.6) is 0 Å². The van der Waals surface area contributed by atoms with Crippen molar-refractivity contribution in [2.24, 2.45) is 0 Å². The van der Waals surface area contributed by atoms with Crippen LogP contribution in [0, 0.1) is 11.6 Å². The maximum Gasteiger partial charge on any atom is 0.306 e. The third-order valence-corrected chi connectivity index (χ3v) is 5.29. The van der Waals surface area contributed by atoms with Gasteiger partial charge in [-0.2, -0.15) is 4.98 Å². The molecule has 0 atom stereocenters. The van der Waals surface area contributed by atoms with Crippen LogP contribution in [0.25, 0.3) is 45.4 Å². The van der Waals surface area contributed by atoms with E-state index in [2.05, 4.69) is 15.2 Å². The summed E-state index contributed by atoms with van der Waals surface area (Å²) in [7, 11) is 0. The van der Waals surface area contributed by atoms with Crippen molar-refractivity contribution in [3.63, 3.8) is 0 Å². The number of halogens is 2. The molecule has 0 aliphatic carbocycles. The van der Waals surface area contributed by atoms with E-state index in [9.17, 15) is 8.78 Å². The molecule has 0 saturated carbocycles. The summed E-state index contributed by atoms with van der Waals surface area (Å²) >= 11 is 0. The number of hydrogen-bond donors (Lipinski definition) is 1. The van der Waals surface area contributed by atoms with Gasteiger partial charge in [0.1, 0.15) is 23.6 Å². The number of fused-ring (bicyclic) bond motifs is 2. The Morgan fingerprint density at radius 3 is 2.53 bits per heavy atom. The van der Waals surface area contributed by atoms with Gasteiger partial charge in [0, 0.05) is 29.2 Å². The third-order valence-electron chi connectivity index (χ3n) is 5.29. The number of nitrogen functional groups attached to an aromatic ring is 1. The Balaban J connectivity index is 1.59. The fourth-order valence-corrected chi connectivity index (χ4v) is 3.80. The Labute approximate surface area is 179 Å². The highest BCUT2D eigenvalue weighted by atomic mass is 19.1. The van der Waals surface area contributed by atoms with Gasteiger partial charge in [0.15, 0.2) is 11.5 Å². The van der Waals surface area contributed by atoms with Crippen molar-refractivity contribution in [3.05, 3.63) is 84.9 Å². The molecule has 0 spiro atoms. The minimum atomic E-state index is -0.451. The van der Waals surface area contributed by atoms with Crippen LogP contribution < -0.4 is 5.73 Å². The molecule has 2 N–H and O–H groups in total. The molecule has 2 aromatic carbocycles. The summed E-state index contributed by atoms with van der Waals surface area (Å²) in [5, 5.41) is 8.32. The van der Waals surface area contributed by atoms with Crippen LogP contribution in [0.3, 0.4) is 0 Å². The second-order valence-electron chi connectivity index (χ2n) is 7.28. The highest BCUT2D eigenvalue weighted by molar-refractivity contribution is 5.81. The van der Waals surface area contributed by atoms with E-state index in [1.165, 1.54) is 36.6 Å². The molecule has 0 aliphatic heterocycles. The summed E-state index contributed by atoms with van der Waals surface area (Å²) < 4.78 is 37.0. The van der Waals surface area contributed by atoms with E-state index in [1.807, 2.05) is 6.07 Å². The number of hydrogen-bond acceptors (Lipinski definition) is 5. The van der Waals surface area contributed by atoms with Gasteiger partial charge >= 0.3 is 5.84 Å². The molecule has 0 bridgehead atoms. The monoisotopic (exact) mass is 428 g/mol. The molecule has 0 saturated heterocycles. The van der Waals surface area contributed by atoms with Gasteiger partial charge in [-0.05, 0) is 54.6 Å². The fraction of sp³-hybridized carbons (Fsp3) is 0. The molecule has 0 amide bonds. The first-order valence-electron chi connectivity index (χ1n) is 9.70. The number of imidazole rings is 1. The van der Waals surface area contributed by atoms with Crippen LogP contribution in [0.2, 0.25) is 0 Å². The number of pyridine rings is 1. The van der Waals surface area contributed by atoms with Gasteiger partial charge in [0.2, 0.25) is 0 Å². The molecule has 4 aromatic heterocycles. The average Bonchev–Trinajstić information content (AvgIpc) is 3.50. The fourth-order valence-electron chi connectivity index (χ4n) is 3.80. The first-order valence-corrected chi connectivity index (χ1v) is 9.70. The van der Waals surface area contributed by atoms with Crippen LogP contribution in [0.1, 0.15) is 0 Å². The van der Waals surface area contributed by atoms with Crippen molar-refractivity contribution >= 4 is 17.2 Å². The summed E-state index contributed by atoms with van der Waals surface area (Å²) in [5.74, 6) is -0.0707. The van der Waals surface area contributed by atoms with E-state index in [0.717, 1.165) is 16.8 Å². The molecule has 9 heteroatoms. The van der Waals surface area contributed by atoms with Crippen molar-refractivity contribution in [2.75, 3.05) is 5.73 Å². The van der Waals surface area contributed by atoms with Crippen LogP contribution in [0.4, 0.5) is 14.5 Å². The SMILES string of the molecule is Nc1ccc(F)c(-c2nnc3ccc(-c4c(-c5ccc(F)cc5)nc5occn45)cn23)c1. The normalized spacial score (nSPS) is 11.6. The molecule has 0 aliphatic rings. The predicted molar refractivity (Wildman–Crippen MR) is 115 cm³/mol. The maximum absolute atomic E-state index is 14.5. The van der Waals surface area contributed by atoms with Crippen molar-refractivity contribution in [1.29, 1.82) is 0 Å². The van der Waals surface area contributed by atoms with Gasteiger partial charge in [-0.15, -0.1) is 10.2 Å². The lowest BCUT2D eigenvalue weighted by Crippen LogP contribution is -1.96. The molecular weight excluding hydrogens is 414 g/mol. The Morgan fingerprint density at radius 2 is 1.69 bits per heavy atom. The van der Waals surface area contributed by atoms with E-state index in [-0.39, 0.29) is 11.4 Å². The highest BCUT2D eigenvalue weighted by Gasteiger charge is 2.20. The van der Waals surface area contributed by atoms with Gasteiger partial charge in [0.25, 0.3) is 0 Å². The van der Waals surface area contributed by atoms with E-state index < -0.39 is 5.82 Å². The number of oxazole rings is 1. The molecule has 0 radical (unpaired) electrons. The van der Waals surface area contributed by atoms with Gasteiger partial charge < -0.3 is 10.2 Å². The quantitative estimate of drug-likeness (QED) is 0.408. The van der Waals surface area contributed by atoms with Gasteiger partial charge in [-0.1, -0.05) is 0 Å². The zero-order valence-corrected chi connectivity index (χ0v) is 16.4. The maximum atomic E-state index is 14.5. The zero-order valence-electron chi connectivity index (χ0n) is 16.4. The standard InChI is InChI=1S/C23H14F2N6O/c24-15-4-1-13(2-5-15)20-21(30-9-10-32-23(30)27-20)14-3-8-19-28-29-22(31(19)12-14)17-11-16(26)6-7-18(17)25/h1-12H,26H2. The minimum Gasteiger partial charge on any atom is -0.432 e. The summed E-state index contributed by atoms with van der Waals surface area (Å²) in [5.41, 5.74) is 9.90. The lowest BCUT2D eigenvalue weighted by atomic mass is 10.1. The van der Waals surface area contributed by atoms with Crippen LogP contribution in [-0.2, 0) is 0 Å². The molecule has 6 aromatic rings. The largest absolute Gasteiger partial charge is 0.432 e. The Morgan fingerprint density at radius 1 is 0.875 bits per heavy atom. The topological polar surface area (TPSA) is 86.6 Å². The number of nitrogens with zero attached hydrogens (tertiary/aromatic N) is 5. The molecule has 156 valence electrons. The second-order valence-corrected chi connectivity index (χ2v) is 7.28. The Kier molecular flexibility index (Phi) is 3.85. The molecule has 32 heavy (non-hydrogen) atoms. The zero-order chi connectivity index (χ0) is 21.8. The van der Waals surface area contributed by atoms with Crippen molar-refractivity contribution in [1.82, 2.24) is 24.0 Å². The van der Waals surface area contributed by atoms with Gasteiger partial charge in [-0.3, -0.25) is 8.80 Å². The van der Waals surface area contributed by atoms with Gasteiger partial charge in [0.05, 0.1) is 11.3 Å². The second kappa shape index (κ2) is 6.74. The van der Waals surface area contributed by atoms with Crippen molar-refractivity contribution in [3.8, 4) is 33.9 Å². The van der Waals surface area contributed by atoms with E-state index in [4.69, 9.17) is 10.2 Å². The van der Waals surface area contributed by atoms with E-state index in [1.54, 1.807) is 39.4 Å². The number of rotatable bonds is 3. The lowest BCUT2D eigenvalue weighted by molar-refractivity contribution is 0.596. The molecule has 0 unspecified atom stereocenters. The molecule has 4 heterocycles. The predicted octanol–water partition coefficient (Wildman–Crippen LogP) is 4.83. The summed E-state index contributed by atoms with van der Waals surface area (Å²) in [6, 6.07) is 14.0. The third kappa shape index (κ3) is 2.75. The van der Waals surface area contributed by atoms with Crippen LogP contribution in [0.15, 0.2) is 77.7 Å². The minimum absolute atomic E-state index is 0.246. The number of aromatic nitrogens is 5. The number of benzene rings is 2. The smallest absolute Gasteiger partial charge is 0.306 e. The Hall–Kier alpha value is -4.53. The van der Waals surface area contributed by atoms with E-state index in [0.29, 0.717) is 28.7 Å². The molecule has 6 rings (SSSR count). The Bertz CT molecular complexity index is 1610. The number of anilines is 1. The number of nitrogens with two attached hydrogens (primary N) is 1. The van der Waals surface area contributed by atoms with Crippen molar-refractivity contribution < 1.29 is 13.2 Å². The summed E-state index contributed by atoms with van der Waals surface area (Å²) in [6.45, 7) is 0. The van der Waals surface area contributed by atoms with Crippen LogP contribution in [-0.4, -0.2) is 24.0 Å². The first-order chi connectivity index (χ1) is 15.6. The van der Waals surface area contributed by atoms with Crippen molar-refractivity contribution in [2.45, 2.75) is 0 Å². The lowest BCUT2D eigenvalue weighted by Gasteiger charge is -2.07. The average molecular weight is 428 g/mol. The van der Waals surface area contributed by atoms with Gasteiger partial charge in [-0.25, -0.2) is 8.78 Å². The first kappa shape index (κ1) is 18.3. The summed E-state index contributed by atoms with van der Waals surface area (Å²) in [6.07, 6.45) is 5.08. The van der Waals surface area contributed by atoms with E-state index >= 15 is 0 Å². The van der Waals surface area contributed by atoms with Crippen LogP contribution >= 0.6 is 0 Å². The summed E-state index contributed by atoms with van der Waals surface area (Å²) in [4.78, 5) is 4.58. The molecular formula is C23H14F2N6O. The molecule has 0 fully saturated rings.